The van der Waals surface area contributed by atoms with Crippen LogP contribution < -0.4 is 5.32 Å². The predicted molar refractivity (Wildman–Crippen MR) is 65.3 cm³/mol. The number of nitrogens with one attached hydrogen (secondary N) is 1. The molecule has 6 heteroatoms. The average molecular weight is 261 g/mol. The van der Waals surface area contributed by atoms with E-state index in [-0.39, 0.29) is 24.2 Å². The highest BCUT2D eigenvalue weighted by Gasteiger charge is 2.43. The van der Waals surface area contributed by atoms with Gasteiger partial charge in [-0.15, -0.1) is 0 Å². The van der Waals surface area contributed by atoms with E-state index in [9.17, 15) is 9.90 Å². The molecule has 1 aliphatic rings. The van der Waals surface area contributed by atoms with Crippen LogP contribution in [0.25, 0.3) is 0 Å². The lowest BCUT2D eigenvalue weighted by Crippen LogP contribution is -2.36. The first kappa shape index (κ1) is 15.4. The maximum atomic E-state index is 10.7. The highest BCUT2D eigenvalue weighted by Crippen LogP contribution is 2.26. The fourth-order valence-electron chi connectivity index (χ4n) is 2.21. The molecule has 1 fully saturated rings. The number of carbonyl (C=O) groups excluding carboxylic acids is 1. The van der Waals surface area contributed by atoms with E-state index in [1.807, 2.05) is 0 Å². The molecule has 0 aromatic rings. The molecule has 1 aliphatic heterocycles. The van der Waals surface area contributed by atoms with Crippen LogP contribution in [0.1, 0.15) is 19.8 Å². The second kappa shape index (κ2) is 7.68. The van der Waals surface area contributed by atoms with Gasteiger partial charge < -0.3 is 24.6 Å². The number of aliphatic hydroxyl groups excluding tert-OH is 1. The first-order chi connectivity index (χ1) is 8.60. The lowest BCUT2D eigenvalue weighted by molar-refractivity contribution is -0.119. The Hall–Kier alpha value is -0.690. The molecule has 6 nitrogen and oxygen atoms in total. The van der Waals surface area contributed by atoms with Gasteiger partial charge in [-0.3, -0.25) is 4.79 Å². The van der Waals surface area contributed by atoms with Crippen molar-refractivity contribution < 1.29 is 24.1 Å². The maximum absolute atomic E-state index is 10.7. The second-order valence-corrected chi connectivity index (χ2v) is 4.48. The minimum Gasteiger partial charge on any atom is -0.387 e. The van der Waals surface area contributed by atoms with Gasteiger partial charge >= 0.3 is 0 Å². The molecule has 0 bridgehead atoms. The number of amides is 1. The van der Waals surface area contributed by atoms with Gasteiger partial charge in [0.1, 0.15) is 18.3 Å². The minimum absolute atomic E-state index is 0.0390. The molecule has 0 saturated carbocycles. The monoisotopic (exact) mass is 261 g/mol. The van der Waals surface area contributed by atoms with Crippen LogP contribution in [0.5, 0.6) is 0 Å². The molecule has 0 spiro atoms. The van der Waals surface area contributed by atoms with E-state index in [0.717, 1.165) is 12.8 Å². The first-order valence-electron chi connectivity index (χ1n) is 6.19. The Morgan fingerprint density at radius 2 is 2.11 bits per heavy atom. The summed E-state index contributed by atoms with van der Waals surface area (Å²) in [6, 6.07) is 0. The van der Waals surface area contributed by atoms with Crippen molar-refractivity contribution in [2.75, 3.05) is 27.4 Å². The molecule has 0 radical (unpaired) electrons. The number of hydrogen-bond acceptors (Lipinski definition) is 5. The highest BCUT2D eigenvalue weighted by atomic mass is 16.6. The molecule has 0 unspecified atom stereocenters. The largest absolute Gasteiger partial charge is 0.387 e. The number of ether oxygens (including phenoxy) is 3. The van der Waals surface area contributed by atoms with Crippen LogP contribution in [0.15, 0.2) is 0 Å². The molecule has 0 aromatic carbocycles. The van der Waals surface area contributed by atoms with Crippen LogP contribution in [0.2, 0.25) is 0 Å². The van der Waals surface area contributed by atoms with Crippen LogP contribution >= 0.6 is 0 Å². The Labute approximate surface area is 108 Å². The molecule has 4 atom stereocenters. The molecular weight excluding hydrogens is 238 g/mol. The van der Waals surface area contributed by atoms with Crippen LogP contribution in [0.3, 0.4) is 0 Å². The standard InChI is InChI=1S/C12H23NO5/c1-8(14)13-6-4-5-9-12(17-3)11(15)10(18-9)7-16-2/h9-12,15H,4-7H2,1-3H3,(H,13,14)/t9-,10+,11+,12-/m0/s1. The summed E-state index contributed by atoms with van der Waals surface area (Å²) in [7, 11) is 3.13. The Morgan fingerprint density at radius 1 is 1.39 bits per heavy atom. The van der Waals surface area contributed by atoms with Crippen molar-refractivity contribution in [3.05, 3.63) is 0 Å². The summed E-state index contributed by atoms with van der Waals surface area (Å²) >= 11 is 0. The van der Waals surface area contributed by atoms with Gasteiger partial charge in [-0.05, 0) is 12.8 Å². The van der Waals surface area contributed by atoms with Gasteiger partial charge in [0.2, 0.25) is 5.91 Å². The summed E-state index contributed by atoms with van der Waals surface area (Å²) in [6.45, 7) is 2.45. The molecule has 1 saturated heterocycles. The average Bonchev–Trinajstić information content (AvgIpc) is 2.62. The van der Waals surface area contributed by atoms with E-state index in [4.69, 9.17) is 14.2 Å². The van der Waals surface area contributed by atoms with Gasteiger partial charge in [0.15, 0.2) is 0 Å². The van der Waals surface area contributed by atoms with Crippen LogP contribution in [0.4, 0.5) is 0 Å². The van der Waals surface area contributed by atoms with Gasteiger partial charge in [-0.1, -0.05) is 0 Å². The SMILES string of the molecule is COC[C@H]1O[C@@H](CCCNC(C)=O)[C@H](OC)[C@@H]1O. The third-order valence-corrected chi connectivity index (χ3v) is 3.08. The summed E-state index contributed by atoms with van der Waals surface area (Å²) in [5, 5.41) is 12.7. The minimum atomic E-state index is -0.666. The second-order valence-electron chi connectivity index (χ2n) is 4.48. The smallest absolute Gasteiger partial charge is 0.216 e. The van der Waals surface area contributed by atoms with Gasteiger partial charge in [0.05, 0.1) is 12.7 Å². The summed E-state index contributed by atoms with van der Waals surface area (Å²) in [5.41, 5.74) is 0. The van der Waals surface area contributed by atoms with E-state index in [0.29, 0.717) is 13.2 Å². The molecule has 1 amide bonds. The molecule has 2 N–H and O–H groups in total. The van der Waals surface area contributed by atoms with Crippen molar-refractivity contribution >= 4 is 5.91 Å². The quantitative estimate of drug-likeness (QED) is 0.615. The van der Waals surface area contributed by atoms with Crippen molar-refractivity contribution in [2.45, 2.75) is 44.2 Å². The summed E-state index contributed by atoms with van der Waals surface area (Å²) in [6.07, 6.45) is 0.0277. The third kappa shape index (κ3) is 4.20. The maximum Gasteiger partial charge on any atom is 0.216 e. The number of rotatable bonds is 7. The van der Waals surface area contributed by atoms with Crippen molar-refractivity contribution in [3.63, 3.8) is 0 Å². The summed E-state index contributed by atoms with van der Waals surface area (Å²) in [5.74, 6) is -0.0390. The number of hydrogen-bond donors (Lipinski definition) is 2. The molecule has 1 heterocycles. The first-order valence-corrected chi connectivity index (χ1v) is 6.19. The molecule has 18 heavy (non-hydrogen) atoms. The van der Waals surface area contributed by atoms with Crippen LogP contribution in [0, 0.1) is 0 Å². The molecule has 0 aromatic heterocycles. The van der Waals surface area contributed by atoms with Crippen LogP contribution in [-0.2, 0) is 19.0 Å². The van der Waals surface area contributed by atoms with E-state index in [2.05, 4.69) is 5.32 Å². The highest BCUT2D eigenvalue weighted by molar-refractivity contribution is 5.72. The Bertz CT molecular complexity index is 261. The molecule has 1 rings (SSSR count). The zero-order chi connectivity index (χ0) is 13.5. The number of carbonyl (C=O) groups is 1. The normalized spacial score (nSPS) is 31.6. The number of methoxy groups -OCH3 is 2. The van der Waals surface area contributed by atoms with Gasteiger partial charge in [0, 0.05) is 27.7 Å². The van der Waals surface area contributed by atoms with Crippen molar-refractivity contribution in [1.29, 1.82) is 0 Å². The molecule has 0 aliphatic carbocycles. The third-order valence-electron chi connectivity index (χ3n) is 3.08. The Balaban J connectivity index is 2.36. The van der Waals surface area contributed by atoms with Gasteiger partial charge in [-0.2, -0.15) is 0 Å². The summed E-state index contributed by atoms with van der Waals surface area (Å²) < 4.78 is 16.0. The van der Waals surface area contributed by atoms with Crippen molar-refractivity contribution in [3.8, 4) is 0 Å². The zero-order valence-electron chi connectivity index (χ0n) is 11.2. The van der Waals surface area contributed by atoms with E-state index in [1.54, 1.807) is 14.2 Å². The van der Waals surface area contributed by atoms with E-state index in [1.165, 1.54) is 6.92 Å². The molecular formula is C12H23NO5. The predicted octanol–water partition coefficient (Wildman–Crippen LogP) is -0.308. The van der Waals surface area contributed by atoms with Gasteiger partial charge in [0.25, 0.3) is 0 Å². The van der Waals surface area contributed by atoms with E-state index >= 15 is 0 Å². The van der Waals surface area contributed by atoms with Crippen molar-refractivity contribution in [2.24, 2.45) is 0 Å². The zero-order valence-corrected chi connectivity index (χ0v) is 11.2. The van der Waals surface area contributed by atoms with Gasteiger partial charge in [-0.25, -0.2) is 0 Å². The van der Waals surface area contributed by atoms with Crippen LogP contribution in [-0.4, -0.2) is 62.8 Å². The lowest BCUT2D eigenvalue weighted by atomic mass is 10.0. The fourth-order valence-corrected chi connectivity index (χ4v) is 2.21. The lowest BCUT2D eigenvalue weighted by Gasteiger charge is -2.18. The Kier molecular flexibility index (Phi) is 6.56. The fraction of sp³-hybridized carbons (Fsp3) is 0.917. The van der Waals surface area contributed by atoms with Crippen molar-refractivity contribution in [1.82, 2.24) is 5.32 Å². The number of aliphatic hydroxyl groups is 1. The Morgan fingerprint density at radius 3 is 2.67 bits per heavy atom. The summed E-state index contributed by atoms with van der Waals surface area (Å²) in [4.78, 5) is 10.7. The molecule has 106 valence electrons. The van der Waals surface area contributed by atoms with E-state index < -0.39 is 6.10 Å². The topological polar surface area (TPSA) is 77.0 Å².